The zero-order valence-electron chi connectivity index (χ0n) is 16.7. The molecule has 1 aromatic carbocycles. The number of phenolic OH excluding ortho intramolecular Hbond substituents is 1. The molecule has 0 saturated carbocycles. The van der Waals surface area contributed by atoms with E-state index in [1.54, 1.807) is 19.1 Å². The fraction of sp³-hybridized carbons (Fsp3) is 0.238. The SMILES string of the molecule is Cc1ccc(O)c(C)c1Oc1nc(N2CCn3nccc3C2)cc2ncnc(N)c12. The van der Waals surface area contributed by atoms with Crippen LogP contribution in [0.25, 0.3) is 10.9 Å². The third-order valence-corrected chi connectivity index (χ3v) is 5.44. The smallest absolute Gasteiger partial charge is 0.234 e. The highest BCUT2D eigenvalue weighted by Gasteiger charge is 2.22. The molecule has 0 bridgehead atoms. The Morgan fingerprint density at radius 1 is 1.13 bits per heavy atom. The summed E-state index contributed by atoms with van der Waals surface area (Å²) < 4.78 is 8.22. The molecule has 0 spiro atoms. The molecular weight excluding hydrogens is 382 g/mol. The summed E-state index contributed by atoms with van der Waals surface area (Å²) in [6, 6.07) is 7.35. The van der Waals surface area contributed by atoms with Gasteiger partial charge in [0, 0.05) is 24.4 Å². The predicted octanol–water partition coefficient (Wildman–Crippen LogP) is 2.94. The molecule has 152 valence electrons. The van der Waals surface area contributed by atoms with Gasteiger partial charge >= 0.3 is 0 Å². The molecular formula is C21H21N7O2. The lowest BCUT2D eigenvalue weighted by Crippen LogP contribution is -2.34. The fourth-order valence-electron chi connectivity index (χ4n) is 3.74. The van der Waals surface area contributed by atoms with Crippen molar-refractivity contribution in [3.05, 3.63) is 53.6 Å². The minimum atomic E-state index is 0.157. The number of aromatic nitrogens is 5. The second kappa shape index (κ2) is 6.87. The van der Waals surface area contributed by atoms with E-state index in [0.29, 0.717) is 40.5 Å². The van der Waals surface area contributed by atoms with Gasteiger partial charge in [0.15, 0.2) is 0 Å². The minimum Gasteiger partial charge on any atom is -0.508 e. The van der Waals surface area contributed by atoms with E-state index in [2.05, 4.69) is 20.0 Å². The van der Waals surface area contributed by atoms with Gasteiger partial charge in [-0.1, -0.05) is 6.07 Å². The third-order valence-electron chi connectivity index (χ3n) is 5.44. The first-order valence-corrected chi connectivity index (χ1v) is 9.65. The molecule has 9 nitrogen and oxygen atoms in total. The number of rotatable bonds is 3. The monoisotopic (exact) mass is 403 g/mol. The molecule has 9 heteroatoms. The summed E-state index contributed by atoms with van der Waals surface area (Å²) >= 11 is 0. The molecule has 0 unspecified atom stereocenters. The van der Waals surface area contributed by atoms with Crippen LogP contribution in [-0.2, 0) is 13.1 Å². The van der Waals surface area contributed by atoms with Crippen molar-refractivity contribution >= 4 is 22.5 Å². The van der Waals surface area contributed by atoms with Crippen LogP contribution in [0.2, 0.25) is 0 Å². The molecule has 0 radical (unpaired) electrons. The van der Waals surface area contributed by atoms with E-state index >= 15 is 0 Å². The number of phenols is 1. The largest absolute Gasteiger partial charge is 0.508 e. The number of nitrogens with zero attached hydrogens (tertiary/aromatic N) is 6. The van der Waals surface area contributed by atoms with Crippen molar-refractivity contribution in [2.45, 2.75) is 26.9 Å². The normalized spacial score (nSPS) is 13.5. The van der Waals surface area contributed by atoms with Crippen LogP contribution in [0.1, 0.15) is 16.8 Å². The number of hydrogen-bond donors (Lipinski definition) is 2. The maximum Gasteiger partial charge on any atom is 0.234 e. The lowest BCUT2D eigenvalue weighted by Gasteiger charge is -2.29. The van der Waals surface area contributed by atoms with Crippen LogP contribution in [0, 0.1) is 13.8 Å². The van der Waals surface area contributed by atoms with E-state index in [1.165, 1.54) is 6.33 Å². The van der Waals surface area contributed by atoms with Gasteiger partial charge in [0.1, 0.15) is 34.8 Å². The minimum absolute atomic E-state index is 0.157. The van der Waals surface area contributed by atoms with Crippen LogP contribution >= 0.6 is 0 Å². The molecule has 0 fully saturated rings. The number of fused-ring (bicyclic) bond motifs is 2. The summed E-state index contributed by atoms with van der Waals surface area (Å²) in [5.74, 6) is 2.04. The van der Waals surface area contributed by atoms with Gasteiger partial charge in [0.25, 0.3) is 0 Å². The Bertz CT molecular complexity index is 1270. The lowest BCUT2D eigenvalue weighted by atomic mass is 10.1. The van der Waals surface area contributed by atoms with Crippen LogP contribution in [0.4, 0.5) is 11.6 Å². The van der Waals surface area contributed by atoms with Gasteiger partial charge in [-0.15, -0.1) is 0 Å². The summed E-state index contributed by atoms with van der Waals surface area (Å²) in [4.78, 5) is 15.4. The van der Waals surface area contributed by atoms with Gasteiger partial charge in [0.05, 0.1) is 24.3 Å². The third kappa shape index (κ3) is 2.95. The van der Waals surface area contributed by atoms with Gasteiger partial charge in [-0.2, -0.15) is 10.1 Å². The molecule has 1 aliphatic heterocycles. The van der Waals surface area contributed by atoms with Crippen molar-refractivity contribution in [3.63, 3.8) is 0 Å². The molecule has 0 atom stereocenters. The number of aryl methyl sites for hydroxylation is 1. The van der Waals surface area contributed by atoms with E-state index in [4.69, 9.17) is 15.5 Å². The molecule has 1 aliphatic rings. The summed E-state index contributed by atoms with van der Waals surface area (Å²) in [5.41, 5.74) is 9.43. The Hall–Kier alpha value is -3.88. The summed E-state index contributed by atoms with van der Waals surface area (Å²) in [6.45, 7) is 5.93. The fourth-order valence-corrected chi connectivity index (χ4v) is 3.74. The van der Waals surface area contributed by atoms with E-state index in [9.17, 15) is 5.11 Å². The first kappa shape index (κ1) is 18.2. The molecule has 3 N–H and O–H groups in total. The van der Waals surface area contributed by atoms with Crippen molar-refractivity contribution < 1.29 is 9.84 Å². The highest BCUT2D eigenvalue weighted by molar-refractivity contribution is 5.94. The molecule has 5 rings (SSSR count). The van der Waals surface area contributed by atoms with Crippen molar-refractivity contribution in [1.82, 2.24) is 24.7 Å². The molecule has 0 amide bonds. The number of aromatic hydroxyl groups is 1. The van der Waals surface area contributed by atoms with Crippen LogP contribution in [0.5, 0.6) is 17.4 Å². The Kier molecular flexibility index (Phi) is 4.16. The molecule has 4 aromatic rings. The second-order valence-electron chi connectivity index (χ2n) is 7.36. The topological polar surface area (TPSA) is 115 Å². The predicted molar refractivity (Wildman–Crippen MR) is 113 cm³/mol. The number of pyridine rings is 1. The van der Waals surface area contributed by atoms with Gasteiger partial charge in [-0.05, 0) is 31.5 Å². The standard InChI is InChI=1S/C21H21N7O2/c1-12-3-4-16(29)13(2)19(12)30-21-18-15(23-11-24-20(18)22)9-17(26-21)27-7-8-28-14(10-27)5-6-25-28/h3-6,9,11,29H,7-8,10H2,1-2H3,(H2,22,23,24). The number of benzene rings is 1. The maximum atomic E-state index is 10.1. The zero-order valence-corrected chi connectivity index (χ0v) is 16.7. The Morgan fingerprint density at radius 3 is 2.87 bits per heavy atom. The Morgan fingerprint density at radius 2 is 2.00 bits per heavy atom. The average Bonchev–Trinajstić information content (AvgIpc) is 3.21. The van der Waals surface area contributed by atoms with Gasteiger partial charge < -0.3 is 20.5 Å². The van der Waals surface area contributed by atoms with Gasteiger partial charge in [-0.3, -0.25) is 4.68 Å². The van der Waals surface area contributed by atoms with Crippen LogP contribution in [0.15, 0.2) is 36.8 Å². The summed E-state index contributed by atoms with van der Waals surface area (Å²) in [6.07, 6.45) is 3.24. The van der Waals surface area contributed by atoms with Crippen LogP contribution in [0.3, 0.4) is 0 Å². The molecule has 4 heterocycles. The highest BCUT2D eigenvalue weighted by atomic mass is 16.5. The zero-order chi connectivity index (χ0) is 20.8. The molecule has 30 heavy (non-hydrogen) atoms. The number of hydrogen-bond acceptors (Lipinski definition) is 8. The summed E-state index contributed by atoms with van der Waals surface area (Å²) in [5, 5.41) is 15.0. The Labute approximate surface area is 172 Å². The van der Waals surface area contributed by atoms with Crippen LogP contribution < -0.4 is 15.4 Å². The van der Waals surface area contributed by atoms with Crippen molar-refractivity contribution in [1.29, 1.82) is 0 Å². The number of nitrogens with two attached hydrogens (primary N) is 1. The number of anilines is 2. The lowest BCUT2D eigenvalue weighted by molar-refractivity contribution is 0.439. The number of nitrogen functional groups attached to an aromatic ring is 1. The quantitative estimate of drug-likeness (QED) is 0.536. The highest BCUT2D eigenvalue weighted by Crippen LogP contribution is 2.38. The molecule has 0 aliphatic carbocycles. The van der Waals surface area contributed by atoms with E-state index in [0.717, 1.165) is 30.2 Å². The Balaban J connectivity index is 1.63. The van der Waals surface area contributed by atoms with Gasteiger partial charge in [0.2, 0.25) is 5.88 Å². The van der Waals surface area contributed by atoms with E-state index in [1.807, 2.05) is 29.9 Å². The first-order valence-electron chi connectivity index (χ1n) is 9.65. The molecule has 0 saturated heterocycles. The maximum absolute atomic E-state index is 10.1. The van der Waals surface area contributed by atoms with Crippen LogP contribution in [-0.4, -0.2) is 36.4 Å². The first-order chi connectivity index (χ1) is 14.5. The van der Waals surface area contributed by atoms with Gasteiger partial charge in [-0.25, -0.2) is 9.97 Å². The van der Waals surface area contributed by atoms with Crippen molar-refractivity contribution in [2.24, 2.45) is 0 Å². The van der Waals surface area contributed by atoms with Crippen molar-refractivity contribution in [2.75, 3.05) is 17.2 Å². The molecule has 3 aromatic heterocycles. The second-order valence-corrected chi connectivity index (χ2v) is 7.36. The number of ether oxygens (including phenoxy) is 1. The summed E-state index contributed by atoms with van der Waals surface area (Å²) in [7, 11) is 0. The average molecular weight is 403 g/mol. The van der Waals surface area contributed by atoms with E-state index in [-0.39, 0.29) is 5.75 Å². The van der Waals surface area contributed by atoms with E-state index < -0.39 is 0 Å². The van der Waals surface area contributed by atoms with Crippen molar-refractivity contribution in [3.8, 4) is 17.4 Å².